The van der Waals surface area contributed by atoms with Crippen molar-refractivity contribution in [1.82, 2.24) is 9.38 Å². The molecule has 0 aromatic carbocycles. The van der Waals surface area contributed by atoms with Gasteiger partial charge in [0.05, 0.1) is 17.2 Å². The van der Waals surface area contributed by atoms with Gasteiger partial charge in [-0.05, 0) is 23.6 Å². The Labute approximate surface area is 96.6 Å². The number of aliphatic hydroxyl groups is 1. The number of aliphatic hydroxyl groups excluding tert-OH is 1. The third-order valence-electron chi connectivity index (χ3n) is 2.53. The van der Waals surface area contributed by atoms with Crippen LogP contribution < -0.4 is 0 Å². The fourth-order valence-corrected chi connectivity index (χ4v) is 2.54. The van der Waals surface area contributed by atoms with Crippen LogP contribution in [-0.2, 0) is 6.61 Å². The van der Waals surface area contributed by atoms with Gasteiger partial charge in [-0.2, -0.15) is 0 Å². The normalized spacial score (nSPS) is 11.1. The van der Waals surface area contributed by atoms with Crippen molar-refractivity contribution in [3.05, 3.63) is 47.6 Å². The molecule has 0 spiro atoms. The monoisotopic (exact) mass is 230 g/mol. The van der Waals surface area contributed by atoms with Crippen molar-refractivity contribution in [3.63, 3.8) is 0 Å². The first kappa shape index (κ1) is 9.57. The molecule has 3 heterocycles. The van der Waals surface area contributed by atoms with Crippen LogP contribution >= 0.6 is 11.3 Å². The Kier molecular flexibility index (Phi) is 2.23. The average molecular weight is 230 g/mol. The van der Waals surface area contributed by atoms with Crippen molar-refractivity contribution in [2.45, 2.75) is 6.61 Å². The van der Waals surface area contributed by atoms with E-state index in [2.05, 4.69) is 4.98 Å². The quantitative estimate of drug-likeness (QED) is 0.734. The number of thiophene rings is 1. The predicted octanol–water partition coefficient (Wildman–Crippen LogP) is 2.56. The van der Waals surface area contributed by atoms with Crippen molar-refractivity contribution in [2.24, 2.45) is 0 Å². The van der Waals surface area contributed by atoms with Gasteiger partial charge in [0, 0.05) is 6.20 Å². The van der Waals surface area contributed by atoms with Crippen molar-refractivity contribution in [2.75, 3.05) is 0 Å². The van der Waals surface area contributed by atoms with Crippen molar-refractivity contribution >= 4 is 17.0 Å². The van der Waals surface area contributed by atoms with E-state index < -0.39 is 0 Å². The van der Waals surface area contributed by atoms with E-state index in [0.29, 0.717) is 0 Å². The summed E-state index contributed by atoms with van der Waals surface area (Å²) in [6.45, 7) is -0.00157. The summed E-state index contributed by atoms with van der Waals surface area (Å²) in [5.41, 5.74) is 2.59. The maximum absolute atomic E-state index is 9.45. The van der Waals surface area contributed by atoms with Crippen LogP contribution in [0.2, 0.25) is 0 Å². The van der Waals surface area contributed by atoms with Gasteiger partial charge in [0.25, 0.3) is 0 Å². The summed E-state index contributed by atoms with van der Waals surface area (Å²) in [5, 5.41) is 11.5. The summed E-state index contributed by atoms with van der Waals surface area (Å²) < 4.78 is 1.93. The summed E-state index contributed by atoms with van der Waals surface area (Å²) in [5.74, 6) is 0. The van der Waals surface area contributed by atoms with E-state index in [9.17, 15) is 5.11 Å². The molecule has 0 saturated heterocycles. The number of hydrogen-bond acceptors (Lipinski definition) is 3. The van der Waals surface area contributed by atoms with E-state index in [1.54, 1.807) is 11.3 Å². The number of pyridine rings is 1. The minimum Gasteiger partial charge on any atom is -0.390 e. The first-order valence-corrected chi connectivity index (χ1v) is 5.89. The van der Waals surface area contributed by atoms with E-state index in [-0.39, 0.29) is 6.61 Å². The number of imidazole rings is 1. The molecule has 3 rings (SSSR count). The van der Waals surface area contributed by atoms with E-state index in [4.69, 9.17) is 0 Å². The minimum absolute atomic E-state index is 0.00157. The highest BCUT2D eigenvalue weighted by atomic mass is 32.1. The van der Waals surface area contributed by atoms with Crippen molar-refractivity contribution < 1.29 is 5.11 Å². The van der Waals surface area contributed by atoms with Gasteiger partial charge in [0.2, 0.25) is 0 Å². The molecule has 16 heavy (non-hydrogen) atoms. The van der Waals surface area contributed by atoms with Crippen LogP contribution in [0.4, 0.5) is 0 Å². The lowest BCUT2D eigenvalue weighted by molar-refractivity contribution is 0.276. The summed E-state index contributed by atoms with van der Waals surface area (Å²) in [6.07, 6.45) is 1.92. The zero-order chi connectivity index (χ0) is 11.0. The lowest BCUT2D eigenvalue weighted by Crippen LogP contribution is -1.92. The zero-order valence-electron chi connectivity index (χ0n) is 8.50. The molecule has 3 nitrogen and oxygen atoms in total. The number of hydrogen-bond donors (Lipinski definition) is 1. The van der Waals surface area contributed by atoms with Gasteiger partial charge in [-0.15, -0.1) is 11.3 Å². The summed E-state index contributed by atoms with van der Waals surface area (Å²) in [6, 6.07) is 9.83. The van der Waals surface area contributed by atoms with Gasteiger partial charge < -0.3 is 9.51 Å². The van der Waals surface area contributed by atoms with Crippen molar-refractivity contribution in [1.29, 1.82) is 0 Å². The molecule has 0 amide bonds. The molecule has 0 bridgehead atoms. The van der Waals surface area contributed by atoms with E-state index in [1.165, 1.54) is 0 Å². The van der Waals surface area contributed by atoms with Crippen molar-refractivity contribution in [3.8, 4) is 10.6 Å². The fraction of sp³-hybridized carbons (Fsp3) is 0.0833. The Morgan fingerprint density at radius 3 is 2.94 bits per heavy atom. The molecule has 0 aliphatic carbocycles. The van der Waals surface area contributed by atoms with Crippen LogP contribution in [0, 0.1) is 0 Å². The van der Waals surface area contributed by atoms with Gasteiger partial charge in [0.1, 0.15) is 11.3 Å². The van der Waals surface area contributed by atoms with Gasteiger partial charge >= 0.3 is 0 Å². The fourth-order valence-electron chi connectivity index (χ4n) is 1.81. The molecule has 0 saturated carbocycles. The van der Waals surface area contributed by atoms with Crippen LogP contribution in [-0.4, -0.2) is 14.5 Å². The molecule has 1 N–H and O–H groups in total. The molecular weight excluding hydrogens is 220 g/mol. The minimum atomic E-state index is -0.00157. The van der Waals surface area contributed by atoms with Crippen LogP contribution in [0.15, 0.2) is 41.9 Å². The van der Waals surface area contributed by atoms with E-state index in [0.717, 1.165) is 21.9 Å². The molecule has 0 aliphatic heterocycles. The molecule has 0 aliphatic rings. The second-order valence-electron chi connectivity index (χ2n) is 3.47. The highest BCUT2D eigenvalue weighted by Gasteiger charge is 2.12. The Morgan fingerprint density at radius 1 is 1.25 bits per heavy atom. The summed E-state index contributed by atoms with van der Waals surface area (Å²) >= 11 is 1.63. The molecule has 0 unspecified atom stereocenters. The molecular formula is C12H10N2OS. The lowest BCUT2D eigenvalue weighted by atomic mass is 10.3. The Morgan fingerprint density at radius 2 is 2.19 bits per heavy atom. The Hall–Kier alpha value is -1.65. The van der Waals surface area contributed by atoms with Crippen LogP contribution in [0.25, 0.3) is 16.2 Å². The highest BCUT2D eigenvalue weighted by molar-refractivity contribution is 7.13. The number of aromatic nitrogens is 2. The predicted molar refractivity (Wildman–Crippen MR) is 64.4 cm³/mol. The van der Waals surface area contributed by atoms with Gasteiger partial charge in [-0.3, -0.25) is 0 Å². The number of fused-ring (bicyclic) bond motifs is 1. The first-order valence-electron chi connectivity index (χ1n) is 5.01. The van der Waals surface area contributed by atoms with Crippen LogP contribution in [0.1, 0.15) is 5.69 Å². The highest BCUT2D eigenvalue weighted by Crippen LogP contribution is 2.28. The van der Waals surface area contributed by atoms with Gasteiger partial charge in [-0.25, -0.2) is 4.98 Å². The average Bonchev–Trinajstić information content (AvgIpc) is 2.95. The smallest absolute Gasteiger partial charge is 0.137 e. The van der Waals surface area contributed by atoms with E-state index in [1.807, 2.05) is 46.3 Å². The van der Waals surface area contributed by atoms with Crippen LogP contribution in [0.5, 0.6) is 0 Å². The molecule has 0 atom stereocenters. The third kappa shape index (κ3) is 1.35. The summed E-state index contributed by atoms with van der Waals surface area (Å²) in [7, 11) is 0. The van der Waals surface area contributed by atoms with E-state index >= 15 is 0 Å². The standard InChI is InChI=1S/C12H10N2OS/c15-8-9-12(10-4-3-7-16-10)13-11-5-1-2-6-14(9)11/h1-7,15H,8H2. The van der Waals surface area contributed by atoms with Gasteiger partial charge in [-0.1, -0.05) is 12.1 Å². The lowest BCUT2D eigenvalue weighted by Gasteiger charge is -1.98. The SMILES string of the molecule is OCc1c(-c2cccs2)nc2ccccn12. The number of rotatable bonds is 2. The molecule has 3 aromatic heterocycles. The Bertz CT molecular complexity index is 613. The molecule has 3 aromatic rings. The second-order valence-corrected chi connectivity index (χ2v) is 4.42. The second kappa shape index (κ2) is 3.73. The largest absolute Gasteiger partial charge is 0.390 e. The molecule has 0 radical (unpaired) electrons. The van der Waals surface area contributed by atoms with Gasteiger partial charge in [0.15, 0.2) is 0 Å². The maximum Gasteiger partial charge on any atom is 0.137 e. The summed E-state index contributed by atoms with van der Waals surface area (Å²) in [4.78, 5) is 5.63. The Balaban J connectivity index is 2.32. The number of nitrogens with zero attached hydrogens (tertiary/aromatic N) is 2. The zero-order valence-corrected chi connectivity index (χ0v) is 9.31. The molecule has 4 heteroatoms. The first-order chi connectivity index (χ1) is 7.90. The molecule has 0 fully saturated rings. The molecule has 80 valence electrons. The topological polar surface area (TPSA) is 37.5 Å². The van der Waals surface area contributed by atoms with Crippen LogP contribution in [0.3, 0.4) is 0 Å². The maximum atomic E-state index is 9.45. The third-order valence-corrected chi connectivity index (χ3v) is 3.41.